The average molecular weight is 274 g/mol. The molecule has 108 valence electrons. The Balaban J connectivity index is 2.01. The van der Waals surface area contributed by atoms with Gasteiger partial charge in [-0.3, -0.25) is 4.79 Å². The third kappa shape index (κ3) is 3.38. The van der Waals surface area contributed by atoms with Crippen molar-refractivity contribution in [3.63, 3.8) is 0 Å². The number of nitrogens with one attached hydrogen (secondary N) is 1. The Morgan fingerprint density at radius 3 is 2.40 bits per heavy atom. The zero-order chi connectivity index (χ0) is 14.7. The molecule has 4 nitrogen and oxygen atoms in total. The number of carbonyl (C=O) groups excluding carboxylic acids is 2. The summed E-state index contributed by atoms with van der Waals surface area (Å²) >= 11 is 0. The lowest BCUT2D eigenvalue weighted by Crippen LogP contribution is -2.46. The molecule has 20 heavy (non-hydrogen) atoms. The van der Waals surface area contributed by atoms with Crippen LogP contribution in [-0.4, -0.2) is 29.3 Å². The predicted molar refractivity (Wildman–Crippen MR) is 80.0 cm³/mol. The number of carbonyl (C=O) groups is 2. The van der Waals surface area contributed by atoms with Crippen molar-refractivity contribution >= 4 is 17.5 Å². The van der Waals surface area contributed by atoms with Crippen molar-refractivity contribution in [2.24, 2.45) is 5.92 Å². The molecule has 2 atom stereocenters. The lowest BCUT2D eigenvalue weighted by Gasteiger charge is -2.36. The Morgan fingerprint density at radius 2 is 1.80 bits per heavy atom. The molecule has 0 aromatic heterocycles. The fourth-order valence-electron chi connectivity index (χ4n) is 2.56. The number of ketones is 1. The van der Waals surface area contributed by atoms with Gasteiger partial charge in [0.1, 0.15) is 0 Å². The van der Waals surface area contributed by atoms with E-state index in [1.54, 1.807) is 24.3 Å². The fraction of sp³-hybridized carbons (Fsp3) is 0.500. The number of hydrogen-bond donors (Lipinski definition) is 1. The fourth-order valence-corrected chi connectivity index (χ4v) is 2.56. The zero-order valence-corrected chi connectivity index (χ0v) is 12.3. The van der Waals surface area contributed by atoms with E-state index in [9.17, 15) is 9.59 Å². The number of likely N-dealkylation sites (tertiary alicyclic amines) is 1. The summed E-state index contributed by atoms with van der Waals surface area (Å²) < 4.78 is 0. The molecule has 0 radical (unpaired) electrons. The number of nitrogens with zero attached hydrogens (tertiary/aromatic N) is 1. The van der Waals surface area contributed by atoms with E-state index in [4.69, 9.17) is 0 Å². The molecule has 0 spiro atoms. The van der Waals surface area contributed by atoms with Crippen LogP contribution in [0.3, 0.4) is 0 Å². The van der Waals surface area contributed by atoms with E-state index in [0.29, 0.717) is 11.5 Å². The number of hydrogen-bond acceptors (Lipinski definition) is 2. The number of Topliss-reactive ketones (excluding diaryl/α,β-unsaturated/α-hetero) is 1. The SMILES string of the molecule is CC(=O)c1ccc(NC(=O)N2CC(C)CCC2C)cc1. The molecule has 1 N–H and O–H groups in total. The summed E-state index contributed by atoms with van der Waals surface area (Å²) in [5.41, 5.74) is 1.38. The first-order chi connectivity index (χ1) is 9.47. The van der Waals surface area contributed by atoms with Crippen molar-refractivity contribution in [1.29, 1.82) is 0 Å². The number of benzene rings is 1. The summed E-state index contributed by atoms with van der Waals surface area (Å²) in [6.07, 6.45) is 2.23. The Bertz CT molecular complexity index is 496. The summed E-state index contributed by atoms with van der Waals surface area (Å²) in [5.74, 6) is 0.582. The second-order valence-corrected chi connectivity index (χ2v) is 5.75. The van der Waals surface area contributed by atoms with Gasteiger partial charge in [0, 0.05) is 23.8 Å². The molecule has 1 aromatic rings. The molecule has 0 aliphatic carbocycles. The van der Waals surface area contributed by atoms with E-state index in [-0.39, 0.29) is 17.9 Å². The third-order valence-electron chi connectivity index (χ3n) is 3.92. The standard InChI is InChI=1S/C16H22N2O2/c1-11-4-5-12(2)18(10-11)16(20)17-15-8-6-14(7-9-15)13(3)19/h6-9,11-12H,4-5,10H2,1-3H3,(H,17,20). The Kier molecular flexibility index (Phi) is 4.42. The molecule has 1 aromatic carbocycles. The summed E-state index contributed by atoms with van der Waals surface area (Å²) in [4.78, 5) is 25.4. The van der Waals surface area contributed by atoms with Crippen molar-refractivity contribution in [1.82, 2.24) is 4.90 Å². The number of amides is 2. The largest absolute Gasteiger partial charge is 0.322 e. The first-order valence-corrected chi connectivity index (χ1v) is 7.16. The maximum absolute atomic E-state index is 12.3. The number of urea groups is 1. The van der Waals surface area contributed by atoms with Crippen molar-refractivity contribution in [3.05, 3.63) is 29.8 Å². The number of piperidine rings is 1. The van der Waals surface area contributed by atoms with Crippen LogP contribution in [0, 0.1) is 5.92 Å². The van der Waals surface area contributed by atoms with E-state index >= 15 is 0 Å². The quantitative estimate of drug-likeness (QED) is 0.838. The van der Waals surface area contributed by atoms with Gasteiger partial charge in [0.15, 0.2) is 5.78 Å². The topological polar surface area (TPSA) is 49.4 Å². The smallest absolute Gasteiger partial charge is 0.322 e. The van der Waals surface area contributed by atoms with Gasteiger partial charge in [-0.2, -0.15) is 0 Å². The normalized spacial score (nSPS) is 22.4. The van der Waals surface area contributed by atoms with Crippen LogP contribution in [0.1, 0.15) is 44.0 Å². The summed E-state index contributed by atoms with van der Waals surface area (Å²) in [6.45, 7) is 6.60. The van der Waals surface area contributed by atoms with Crippen LogP contribution < -0.4 is 5.32 Å². The van der Waals surface area contributed by atoms with Gasteiger partial charge in [-0.15, -0.1) is 0 Å². The summed E-state index contributed by atoms with van der Waals surface area (Å²) in [7, 11) is 0. The Hall–Kier alpha value is -1.84. The van der Waals surface area contributed by atoms with E-state index in [0.717, 1.165) is 18.7 Å². The highest BCUT2D eigenvalue weighted by atomic mass is 16.2. The van der Waals surface area contributed by atoms with Crippen LogP contribution in [0.15, 0.2) is 24.3 Å². The first-order valence-electron chi connectivity index (χ1n) is 7.16. The Morgan fingerprint density at radius 1 is 1.15 bits per heavy atom. The molecular weight excluding hydrogens is 252 g/mol. The van der Waals surface area contributed by atoms with Crippen LogP contribution in [0.2, 0.25) is 0 Å². The maximum atomic E-state index is 12.3. The molecule has 1 aliphatic heterocycles. The van der Waals surface area contributed by atoms with Crippen molar-refractivity contribution in [2.45, 2.75) is 39.7 Å². The average Bonchev–Trinajstić information content (AvgIpc) is 2.42. The molecule has 2 unspecified atom stereocenters. The van der Waals surface area contributed by atoms with E-state index in [2.05, 4.69) is 19.2 Å². The lowest BCUT2D eigenvalue weighted by atomic mass is 9.95. The minimum absolute atomic E-state index is 0.0290. The van der Waals surface area contributed by atoms with Crippen molar-refractivity contribution in [3.8, 4) is 0 Å². The summed E-state index contributed by atoms with van der Waals surface area (Å²) in [6, 6.07) is 7.24. The van der Waals surface area contributed by atoms with Crippen LogP contribution in [0.25, 0.3) is 0 Å². The second kappa shape index (κ2) is 6.07. The maximum Gasteiger partial charge on any atom is 0.322 e. The van der Waals surface area contributed by atoms with Gasteiger partial charge in [0.05, 0.1) is 0 Å². The van der Waals surface area contributed by atoms with Crippen LogP contribution in [0.5, 0.6) is 0 Å². The van der Waals surface area contributed by atoms with E-state index in [1.165, 1.54) is 13.3 Å². The van der Waals surface area contributed by atoms with Gasteiger partial charge in [0.25, 0.3) is 0 Å². The molecule has 1 fully saturated rings. The second-order valence-electron chi connectivity index (χ2n) is 5.75. The third-order valence-corrected chi connectivity index (χ3v) is 3.92. The van der Waals surface area contributed by atoms with Gasteiger partial charge >= 0.3 is 6.03 Å². The van der Waals surface area contributed by atoms with Crippen LogP contribution >= 0.6 is 0 Å². The minimum atomic E-state index is -0.0559. The van der Waals surface area contributed by atoms with Gasteiger partial charge in [-0.1, -0.05) is 6.92 Å². The van der Waals surface area contributed by atoms with Gasteiger partial charge in [-0.05, 0) is 56.9 Å². The number of rotatable bonds is 2. The molecule has 1 aliphatic rings. The van der Waals surface area contributed by atoms with Crippen LogP contribution in [0.4, 0.5) is 10.5 Å². The molecule has 2 amide bonds. The van der Waals surface area contributed by atoms with Gasteiger partial charge in [-0.25, -0.2) is 4.79 Å². The van der Waals surface area contributed by atoms with E-state index < -0.39 is 0 Å². The first kappa shape index (κ1) is 14.6. The molecule has 2 rings (SSSR count). The highest BCUT2D eigenvalue weighted by molar-refractivity contribution is 5.95. The molecular formula is C16H22N2O2. The minimum Gasteiger partial charge on any atom is -0.322 e. The molecule has 0 saturated carbocycles. The Labute approximate surface area is 120 Å². The monoisotopic (exact) mass is 274 g/mol. The highest BCUT2D eigenvalue weighted by Gasteiger charge is 2.26. The highest BCUT2D eigenvalue weighted by Crippen LogP contribution is 2.22. The van der Waals surface area contributed by atoms with Crippen molar-refractivity contribution < 1.29 is 9.59 Å². The molecule has 0 bridgehead atoms. The summed E-state index contributed by atoms with van der Waals surface area (Å²) in [5, 5.41) is 2.90. The van der Waals surface area contributed by atoms with Crippen LogP contribution in [-0.2, 0) is 0 Å². The molecule has 4 heteroatoms. The molecule has 1 saturated heterocycles. The lowest BCUT2D eigenvalue weighted by molar-refractivity contribution is 0.101. The van der Waals surface area contributed by atoms with Crippen molar-refractivity contribution in [2.75, 3.05) is 11.9 Å². The van der Waals surface area contributed by atoms with E-state index in [1.807, 2.05) is 4.90 Å². The van der Waals surface area contributed by atoms with Gasteiger partial charge < -0.3 is 10.2 Å². The number of anilines is 1. The zero-order valence-electron chi connectivity index (χ0n) is 12.3. The predicted octanol–water partition coefficient (Wildman–Crippen LogP) is 3.54. The molecule has 1 heterocycles. The van der Waals surface area contributed by atoms with Gasteiger partial charge in [0.2, 0.25) is 0 Å².